The Kier molecular flexibility index (Phi) is 4.97. The van der Waals surface area contributed by atoms with Crippen LogP contribution in [0.4, 0.5) is 0 Å². The maximum absolute atomic E-state index is 13.0. The number of halogens is 1. The molecule has 0 aliphatic carbocycles. The summed E-state index contributed by atoms with van der Waals surface area (Å²) in [5.74, 6) is -0.0461. The number of nitrogens with zero attached hydrogens (tertiary/aromatic N) is 2. The molecule has 0 spiro atoms. The molecule has 2 heterocycles. The van der Waals surface area contributed by atoms with Crippen LogP contribution in [0.3, 0.4) is 0 Å². The molecule has 0 aliphatic heterocycles. The van der Waals surface area contributed by atoms with Crippen molar-refractivity contribution in [1.82, 2.24) is 9.88 Å². The van der Waals surface area contributed by atoms with Crippen LogP contribution in [-0.4, -0.2) is 22.3 Å². The molecule has 0 atom stereocenters. The van der Waals surface area contributed by atoms with Crippen molar-refractivity contribution < 1.29 is 4.79 Å². The minimum atomic E-state index is -0.0461. The summed E-state index contributed by atoms with van der Waals surface area (Å²) >= 11 is 7.70. The first-order valence-corrected chi connectivity index (χ1v) is 8.83. The molecule has 0 N–H and O–H groups in total. The van der Waals surface area contributed by atoms with Crippen LogP contribution < -0.4 is 0 Å². The molecule has 0 bridgehead atoms. The lowest BCUT2D eigenvalue weighted by Crippen LogP contribution is -2.31. The highest BCUT2D eigenvalue weighted by Crippen LogP contribution is 2.22. The lowest BCUT2D eigenvalue weighted by Gasteiger charge is -2.21. The van der Waals surface area contributed by atoms with E-state index in [4.69, 9.17) is 11.6 Å². The molecule has 122 valence electrons. The SMILES string of the molecule is C=CCN(Cc1cccs1)C(=O)c1cc2cc(Cl)ccc2nc1C. The summed E-state index contributed by atoms with van der Waals surface area (Å²) in [6.45, 7) is 6.68. The van der Waals surface area contributed by atoms with Gasteiger partial charge in [0.25, 0.3) is 5.91 Å². The van der Waals surface area contributed by atoms with E-state index in [1.54, 1.807) is 28.4 Å². The van der Waals surface area contributed by atoms with Gasteiger partial charge in [0.1, 0.15) is 0 Å². The summed E-state index contributed by atoms with van der Waals surface area (Å²) in [5, 5.41) is 3.51. The maximum Gasteiger partial charge on any atom is 0.256 e. The van der Waals surface area contributed by atoms with E-state index in [0.717, 1.165) is 21.5 Å². The fourth-order valence-electron chi connectivity index (χ4n) is 2.60. The third kappa shape index (κ3) is 3.50. The summed E-state index contributed by atoms with van der Waals surface area (Å²) < 4.78 is 0. The number of aromatic nitrogens is 1. The predicted molar refractivity (Wildman–Crippen MR) is 101 cm³/mol. The number of rotatable bonds is 5. The number of aryl methyl sites for hydroxylation is 1. The molecule has 0 saturated heterocycles. The van der Waals surface area contributed by atoms with Crippen LogP contribution in [0.25, 0.3) is 10.9 Å². The molecule has 1 amide bonds. The molecule has 3 aromatic rings. The standard InChI is InChI=1S/C19H17ClN2OS/c1-3-8-22(12-16-5-4-9-24-16)19(23)17-11-14-10-15(20)6-7-18(14)21-13(17)2/h3-7,9-11H,1,8,12H2,2H3. The maximum atomic E-state index is 13.0. The molecule has 3 rings (SSSR count). The zero-order chi connectivity index (χ0) is 17.1. The van der Waals surface area contributed by atoms with Crippen molar-refractivity contribution >= 4 is 39.7 Å². The monoisotopic (exact) mass is 356 g/mol. The van der Waals surface area contributed by atoms with Crippen LogP contribution >= 0.6 is 22.9 Å². The van der Waals surface area contributed by atoms with Gasteiger partial charge in [-0.1, -0.05) is 23.7 Å². The van der Waals surface area contributed by atoms with Crippen molar-refractivity contribution in [3.05, 3.63) is 75.6 Å². The van der Waals surface area contributed by atoms with Crippen LogP contribution in [0.2, 0.25) is 5.02 Å². The van der Waals surface area contributed by atoms with E-state index >= 15 is 0 Å². The summed E-state index contributed by atoms with van der Waals surface area (Å²) in [7, 11) is 0. The zero-order valence-corrected chi connectivity index (χ0v) is 14.9. The first kappa shape index (κ1) is 16.7. The first-order valence-electron chi connectivity index (χ1n) is 7.58. The molecule has 5 heteroatoms. The molecule has 0 unspecified atom stereocenters. The lowest BCUT2D eigenvalue weighted by atomic mass is 10.1. The average Bonchev–Trinajstić information content (AvgIpc) is 3.06. The lowest BCUT2D eigenvalue weighted by molar-refractivity contribution is 0.0763. The number of hydrogen-bond donors (Lipinski definition) is 0. The number of carbonyl (C=O) groups is 1. The Labute approximate surface area is 150 Å². The van der Waals surface area contributed by atoms with Crippen LogP contribution in [-0.2, 0) is 6.54 Å². The van der Waals surface area contributed by atoms with Gasteiger partial charge in [0, 0.05) is 21.8 Å². The number of hydrogen-bond acceptors (Lipinski definition) is 3. The van der Waals surface area contributed by atoms with E-state index in [1.807, 2.05) is 42.6 Å². The summed E-state index contributed by atoms with van der Waals surface area (Å²) in [6, 6.07) is 11.4. The van der Waals surface area contributed by atoms with E-state index in [1.165, 1.54) is 0 Å². The Morgan fingerprint density at radius 1 is 1.38 bits per heavy atom. The number of amides is 1. The van der Waals surface area contributed by atoms with E-state index in [2.05, 4.69) is 11.6 Å². The molecular formula is C19H17ClN2OS. The van der Waals surface area contributed by atoms with Gasteiger partial charge in [-0.05, 0) is 42.6 Å². The third-order valence-electron chi connectivity index (χ3n) is 3.76. The number of benzene rings is 1. The highest BCUT2D eigenvalue weighted by molar-refractivity contribution is 7.09. The van der Waals surface area contributed by atoms with E-state index in [9.17, 15) is 4.79 Å². The van der Waals surface area contributed by atoms with Gasteiger partial charge in [-0.15, -0.1) is 17.9 Å². The van der Waals surface area contributed by atoms with Gasteiger partial charge < -0.3 is 4.90 Å². The Hall–Kier alpha value is -2.17. The van der Waals surface area contributed by atoms with Crippen LogP contribution in [0.1, 0.15) is 20.9 Å². The van der Waals surface area contributed by atoms with Crippen molar-refractivity contribution in [3.8, 4) is 0 Å². The van der Waals surface area contributed by atoms with Gasteiger partial charge in [-0.25, -0.2) is 0 Å². The summed E-state index contributed by atoms with van der Waals surface area (Å²) in [4.78, 5) is 20.5. The second-order valence-electron chi connectivity index (χ2n) is 5.51. The molecule has 24 heavy (non-hydrogen) atoms. The number of carbonyl (C=O) groups excluding carboxylic acids is 1. The van der Waals surface area contributed by atoms with Crippen molar-refractivity contribution in [2.24, 2.45) is 0 Å². The van der Waals surface area contributed by atoms with Crippen molar-refractivity contribution in [2.45, 2.75) is 13.5 Å². The molecular weight excluding hydrogens is 340 g/mol. The highest BCUT2D eigenvalue weighted by atomic mass is 35.5. The summed E-state index contributed by atoms with van der Waals surface area (Å²) in [6.07, 6.45) is 1.74. The van der Waals surface area contributed by atoms with Gasteiger partial charge in [0.05, 0.1) is 23.3 Å². The van der Waals surface area contributed by atoms with Crippen LogP contribution in [0, 0.1) is 6.92 Å². The predicted octanol–water partition coefficient (Wildman–Crippen LogP) is 5.09. The molecule has 0 fully saturated rings. The fraction of sp³-hybridized carbons (Fsp3) is 0.158. The Morgan fingerprint density at radius 2 is 2.21 bits per heavy atom. The quantitative estimate of drug-likeness (QED) is 0.597. The van der Waals surface area contributed by atoms with Crippen molar-refractivity contribution in [1.29, 1.82) is 0 Å². The van der Waals surface area contributed by atoms with Gasteiger partial charge in [0.2, 0.25) is 0 Å². The molecule has 2 aromatic heterocycles. The summed E-state index contributed by atoms with van der Waals surface area (Å²) in [5.41, 5.74) is 2.15. The molecule has 0 aliphatic rings. The second kappa shape index (κ2) is 7.16. The fourth-order valence-corrected chi connectivity index (χ4v) is 3.50. The van der Waals surface area contributed by atoms with Gasteiger partial charge in [0.15, 0.2) is 0 Å². The smallest absolute Gasteiger partial charge is 0.256 e. The Balaban J connectivity index is 1.98. The first-order chi connectivity index (χ1) is 11.6. The van der Waals surface area contributed by atoms with Crippen LogP contribution in [0.5, 0.6) is 0 Å². The number of fused-ring (bicyclic) bond motifs is 1. The largest absolute Gasteiger partial charge is 0.330 e. The Morgan fingerprint density at radius 3 is 2.92 bits per heavy atom. The minimum absolute atomic E-state index is 0.0461. The van der Waals surface area contributed by atoms with E-state index in [0.29, 0.717) is 23.7 Å². The van der Waals surface area contributed by atoms with Crippen LogP contribution in [0.15, 0.2) is 54.4 Å². The van der Waals surface area contributed by atoms with Crippen molar-refractivity contribution in [3.63, 3.8) is 0 Å². The Bertz CT molecular complexity index is 890. The third-order valence-corrected chi connectivity index (χ3v) is 4.86. The molecule has 3 nitrogen and oxygen atoms in total. The van der Waals surface area contributed by atoms with Gasteiger partial charge in [-0.2, -0.15) is 0 Å². The highest BCUT2D eigenvalue weighted by Gasteiger charge is 2.19. The van der Waals surface area contributed by atoms with E-state index in [-0.39, 0.29) is 5.91 Å². The molecule has 0 radical (unpaired) electrons. The topological polar surface area (TPSA) is 33.2 Å². The van der Waals surface area contributed by atoms with Gasteiger partial charge in [-0.3, -0.25) is 9.78 Å². The van der Waals surface area contributed by atoms with Gasteiger partial charge >= 0.3 is 0 Å². The molecule has 0 saturated carbocycles. The van der Waals surface area contributed by atoms with E-state index < -0.39 is 0 Å². The minimum Gasteiger partial charge on any atom is -0.330 e. The second-order valence-corrected chi connectivity index (χ2v) is 6.98. The number of thiophene rings is 1. The number of pyridine rings is 1. The normalized spacial score (nSPS) is 10.8. The molecule has 1 aromatic carbocycles. The average molecular weight is 357 g/mol. The van der Waals surface area contributed by atoms with Crippen molar-refractivity contribution in [2.75, 3.05) is 6.54 Å². The zero-order valence-electron chi connectivity index (χ0n) is 13.3.